The number of fused-ring (bicyclic) bond motifs is 2. The molecule has 0 bridgehead atoms. The van der Waals surface area contributed by atoms with E-state index in [1.165, 1.54) is 27.9 Å². The lowest BCUT2D eigenvalue weighted by Crippen LogP contribution is -2.25. The molecule has 1 atom stereocenters. The van der Waals surface area contributed by atoms with E-state index in [-0.39, 0.29) is 6.04 Å². The normalized spacial score (nSPS) is 14.4. The Labute approximate surface area is 189 Å². The van der Waals surface area contributed by atoms with E-state index < -0.39 is 0 Å². The fraction of sp³-hybridized carbons (Fsp3) is 0.0333. The third-order valence-corrected chi connectivity index (χ3v) is 5.62. The summed E-state index contributed by atoms with van der Waals surface area (Å²) in [5.41, 5.74) is 6.10. The molecule has 1 unspecified atom stereocenters. The van der Waals surface area contributed by atoms with Crippen molar-refractivity contribution in [1.29, 1.82) is 0 Å². The minimum Gasteiger partial charge on any atom is -0.330 e. The van der Waals surface area contributed by atoms with E-state index >= 15 is 0 Å². The van der Waals surface area contributed by atoms with Gasteiger partial charge in [-0.2, -0.15) is 0 Å². The van der Waals surface area contributed by atoms with Gasteiger partial charge in [0.05, 0.1) is 11.6 Å². The van der Waals surface area contributed by atoms with Gasteiger partial charge in [0.1, 0.15) is 0 Å². The molecule has 0 saturated heterocycles. The van der Waals surface area contributed by atoms with Crippen LogP contribution >= 0.6 is 0 Å². The second-order valence-electron chi connectivity index (χ2n) is 7.68. The molecule has 2 nitrogen and oxygen atoms in total. The molecule has 0 saturated carbocycles. The van der Waals surface area contributed by atoms with Gasteiger partial charge in [-0.1, -0.05) is 103 Å². The Kier molecular flexibility index (Phi) is 5.76. The first kappa shape index (κ1) is 19.8. The molecule has 1 aliphatic rings. The maximum Gasteiger partial charge on any atom is 0.0779 e. The summed E-state index contributed by atoms with van der Waals surface area (Å²) in [6, 6.07) is 42.1. The Morgan fingerprint density at radius 3 is 2.06 bits per heavy atom. The van der Waals surface area contributed by atoms with Gasteiger partial charge in [0.15, 0.2) is 0 Å². The summed E-state index contributed by atoms with van der Waals surface area (Å²) < 4.78 is 0. The number of rotatable bonds is 2. The third-order valence-electron chi connectivity index (χ3n) is 5.62. The van der Waals surface area contributed by atoms with Gasteiger partial charge < -0.3 is 4.90 Å². The number of benzene rings is 4. The zero-order chi connectivity index (χ0) is 21.6. The first-order valence-electron chi connectivity index (χ1n) is 10.9. The highest BCUT2D eigenvalue weighted by molar-refractivity contribution is 5.79. The molecule has 0 N–H and O–H groups in total. The van der Waals surface area contributed by atoms with Gasteiger partial charge in [-0.05, 0) is 41.5 Å². The van der Waals surface area contributed by atoms with E-state index in [2.05, 4.69) is 119 Å². The fourth-order valence-electron chi connectivity index (χ4n) is 4.09. The molecule has 0 radical (unpaired) electrons. The number of para-hydroxylation sites is 3. The summed E-state index contributed by atoms with van der Waals surface area (Å²) in [7, 11) is 0. The van der Waals surface area contributed by atoms with E-state index in [0.717, 1.165) is 5.52 Å². The molecule has 4 aromatic carbocycles. The maximum absolute atomic E-state index is 4.18. The van der Waals surface area contributed by atoms with Crippen molar-refractivity contribution in [3.05, 3.63) is 145 Å². The number of nitrogens with zero attached hydrogens (tertiary/aromatic N) is 2. The molecule has 0 spiro atoms. The highest BCUT2D eigenvalue weighted by atomic mass is 15.2. The topological polar surface area (TPSA) is 16.1 Å². The van der Waals surface area contributed by atoms with Crippen LogP contribution in [-0.2, 0) is 0 Å². The van der Waals surface area contributed by atoms with Gasteiger partial charge in [0.25, 0.3) is 0 Å². The molecule has 154 valence electrons. The molecule has 2 heteroatoms. The van der Waals surface area contributed by atoms with Gasteiger partial charge in [-0.3, -0.25) is 4.98 Å². The van der Waals surface area contributed by atoms with E-state index in [9.17, 15) is 0 Å². The Bertz CT molecular complexity index is 1260. The second kappa shape index (κ2) is 9.32. The molecule has 2 heterocycles. The van der Waals surface area contributed by atoms with Crippen molar-refractivity contribution in [2.75, 3.05) is 4.90 Å². The van der Waals surface area contributed by atoms with Crippen LogP contribution in [0.2, 0.25) is 0 Å². The lowest BCUT2D eigenvalue weighted by molar-refractivity contribution is 0.845. The minimum atomic E-state index is 0.221. The molecule has 1 aromatic heterocycles. The van der Waals surface area contributed by atoms with Crippen molar-refractivity contribution in [3.8, 4) is 0 Å². The van der Waals surface area contributed by atoms with Crippen molar-refractivity contribution in [2.24, 2.45) is 0 Å². The lowest BCUT2D eigenvalue weighted by atomic mass is 9.96. The van der Waals surface area contributed by atoms with Crippen LogP contribution in [0.1, 0.15) is 17.2 Å². The summed E-state index contributed by atoms with van der Waals surface area (Å²) in [6.07, 6.45) is 6.32. The summed E-state index contributed by atoms with van der Waals surface area (Å²) in [5, 5.41) is 1.20. The average molecular weight is 413 g/mol. The van der Waals surface area contributed by atoms with E-state index in [1.807, 2.05) is 30.5 Å². The second-order valence-corrected chi connectivity index (χ2v) is 7.68. The molecule has 5 aromatic rings. The van der Waals surface area contributed by atoms with E-state index in [1.54, 1.807) is 0 Å². The van der Waals surface area contributed by atoms with Crippen molar-refractivity contribution < 1.29 is 0 Å². The summed E-state index contributed by atoms with van der Waals surface area (Å²) in [4.78, 5) is 6.59. The van der Waals surface area contributed by atoms with Crippen molar-refractivity contribution in [3.63, 3.8) is 0 Å². The zero-order valence-corrected chi connectivity index (χ0v) is 17.8. The lowest BCUT2D eigenvalue weighted by Gasteiger charge is -2.36. The maximum atomic E-state index is 4.18. The quantitative estimate of drug-likeness (QED) is 0.294. The predicted molar refractivity (Wildman–Crippen MR) is 135 cm³/mol. The Hall–Kier alpha value is -4.17. The first-order chi connectivity index (χ1) is 15.9. The third kappa shape index (κ3) is 4.17. The summed E-state index contributed by atoms with van der Waals surface area (Å²) in [6.45, 7) is 0. The van der Waals surface area contributed by atoms with Gasteiger partial charge in [-0.25, -0.2) is 0 Å². The highest BCUT2D eigenvalue weighted by Gasteiger charge is 2.24. The molecule has 0 fully saturated rings. The van der Waals surface area contributed by atoms with Crippen LogP contribution in [0.3, 0.4) is 0 Å². The van der Waals surface area contributed by atoms with Crippen LogP contribution in [0, 0.1) is 0 Å². The van der Waals surface area contributed by atoms with Crippen LogP contribution in [0.4, 0.5) is 11.4 Å². The zero-order valence-electron chi connectivity index (χ0n) is 17.8. The minimum absolute atomic E-state index is 0.221. The largest absolute Gasteiger partial charge is 0.330 e. The highest BCUT2D eigenvalue weighted by Crippen LogP contribution is 2.41. The number of aromatic nitrogens is 1. The van der Waals surface area contributed by atoms with Gasteiger partial charge in [0.2, 0.25) is 0 Å². The van der Waals surface area contributed by atoms with Crippen LogP contribution in [0.15, 0.2) is 134 Å². The van der Waals surface area contributed by atoms with Crippen LogP contribution in [0.5, 0.6) is 0 Å². The molecular weight excluding hydrogens is 388 g/mol. The molecule has 1 aliphatic heterocycles. The van der Waals surface area contributed by atoms with Crippen molar-refractivity contribution in [2.45, 2.75) is 6.04 Å². The fourth-order valence-corrected chi connectivity index (χ4v) is 4.09. The molecule has 0 amide bonds. The number of pyridine rings is 1. The predicted octanol–water partition coefficient (Wildman–Crippen LogP) is 7.83. The number of anilines is 2. The van der Waals surface area contributed by atoms with Crippen molar-refractivity contribution >= 4 is 28.4 Å². The molecule has 6 rings (SSSR count). The number of hydrogen-bond acceptors (Lipinski definition) is 2. The van der Waals surface area contributed by atoms with Gasteiger partial charge >= 0.3 is 0 Å². The Balaban J connectivity index is 0.000000180. The average Bonchev–Trinajstić information content (AvgIpc) is 2.89. The van der Waals surface area contributed by atoms with Crippen LogP contribution < -0.4 is 4.90 Å². The van der Waals surface area contributed by atoms with E-state index in [4.69, 9.17) is 0 Å². The number of hydrogen-bond donors (Lipinski definition) is 0. The van der Waals surface area contributed by atoms with E-state index in [0.29, 0.717) is 0 Å². The smallest absolute Gasteiger partial charge is 0.0779 e. The SMILES string of the molecule is C1=CC(c2ccccc2)N(c2ccccc2)c2ccccc21.c1ccc2ncccc2c1. The summed E-state index contributed by atoms with van der Waals surface area (Å²) in [5.74, 6) is 0. The van der Waals surface area contributed by atoms with Gasteiger partial charge in [-0.15, -0.1) is 0 Å². The van der Waals surface area contributed by atoms with Crippen LogP contribution in [-0.4, -0.2) is 4.98 Å². The van der Waals surface area contributed by atoms with Crippen LogP contribution in [0.25, 0.3) is 17.0 Å². The Morgan fingerprint density at radius 2 is 1.25 bits per heavy atom. The first-order valence-corrected chi connectivity index (χ1v) is 10.9. The summed E-state index contributed by atoms with van der Waals surface area (Å²) >= 11 is 0. The Morgan fingerprint density at radius 1 is 0.594 bits per heavy atom. The standard InChI is InChI=1S/C21H17N.C9H7N/c1-3-9-17(10-4-1)21-16-15-18-11-7-8-14-20(18)22(21)19-12-5-2-6-13-19;1-2-6-9-8(4-1)5-3-7-10-9/h1-16,21H;1-7H. The molecular formula is C30H24N2. The molecule has 0 aliphatic carbocycles. The van der Waals surface area contributed by atoms with Crippen molar-refractivity contribution in [1.82, 2.24) is 4.98 Å². The van der Waals surface area contributed by atoms with Gasteiger partial charge in [0, 0.05) is 23.0 Å². The molecule has 32 heavy (non-hydrogen) atoms. The monoisotopic (exact) mass is 412 g/mol.